The lowest BCUT2D eigenvalue weighted by atomic mass is 9.85. The van der Waals surface area contributed by atoms with Crippen LogP contribution >= 0.6 is 0 Å². The Labute approximate surface area is 332 Å². The molecule has 1 fully saturated rings. The summed E-state index contributed by atoms with van der Waals surface area (Å²) in [6, 6.07) is 13.0. The fourth-order valence-electron chi connectivity index (χ4n) is 7.05. The summed E-state index contributed by atoms with van der Waals surface area (Å²) in [7, 11) is 3.18. The zero-order chi connectivity index (χ0) is 42.0. The highest BCUT2D eigenvalue weighted by Gasteiger charge is 2.61. The van der Waals surface area contributed by atoms with E-state index in [0.29, 0.717) is 18.4 Å². The maximum Gasteiger partial charge on any atom is 0.332 e. The molecule has 1 saturated heterocycles. The van der Waals surface area contributed by atoms with E-state index in [0.717, 1.165) is 11.1 Å². The Hall–Kier alpha value is -4.58. The molecule has 0 spiro atoms. The normalized spacial score (nSPS) is 20.6. The molecule has 0 bridgehead atoms. The molecule has 11 nitrogen and oxygen atoms in total. The number of allylic oxidation sites excluding steroid dienone is 2. The minimum atomic E-state index is -1.76. The van der Waals surface area contributed by atoms with Gasteiger partial charge in [0.1, 0.15) is 11.9 Å². The van der Waals surface area contributed by atoms with Gasteiger partial charge in [-0.2, -0.15) is 0 Å². The summed E-state index contributed by atoms with van der Waals surface area (Å²) < 4.78 is 17.6. The molecule has 0 saturated carbocycles. The van der Waals surface area contributed by atoms with Crippen molar-refractivity contribution >= 4 is 23.6 Å². The lowest BCUT2D eigenvalue weighted by Gasteiger charge is -2.34. The van der Waals surface area contributed by atoms with Gasteiger partial charge in [0.2, 0.25) is 5.91 Å². The van der Waals surface area contributed by atoms with Crippen molar-refractivity contribution in [3.63, 3.8) is 0 Å². The first-order valence-corrected chi connectivity index (χ1v) is 19.3. The van der Waals surface area contributed by atoms with Crippen LogP contribution in [0.15, 0.2) is 91.6 Å². The van der Waals surface area contributed by atoms with Crippen molar-refractivity contribution in [1.82, 2.24) is 10.2 Å². The summed E-state index contributed by atoms with van der Waals surface area (Å²) in [5, 5.41) is 23.8. The molecule has 1 aliphatic heterocycles. The topological polar surface area (TPSA) is 155 Å². The second-order valence-corrected chi connectivity index (χ2v) is 15.8. The van der Waals surface area contributed by atoms with Crippen LogP contribution in [0, 0.1) is 17.8 Å². The van der Waals surface area contributed by atoms with Crippen molar-refractivity contribution in [2.45, 2.75) is 116 Å². The van der Waals surface area contributed by atoms with Crippen LogP contribution in [0.25, 0.3) is 0 Å². The molecule has 0 aromatic heterocycles. The number of phenolic OH excluding ortho intramolecular Hbond substituents is 1. The number of benzene rings is 2. The number of epoxide rings is 1. The van der Waals surface area contributed by atoms with Crippen molar-refractivity contribution in [2.24, 2.45) is 17.8 Å². The highest BCUT2D eigenvalue weighted by molar-refractivity contribution is 5.96. The number of carbonyl (C=O) groups excluding carboxylic acids is 4. The van der Waals surface area contributed by atoms with E-state index < -0.39 is 53.3 Å². The van der Waals surface area contributed by atoms with Crippen molar-refractivity contribution in [1.29, 1.82) is 0 Å². The fourth-order valence-corrected chi connectivity index (χ4v) is 7.05. The monoisotopic (exact) mass is 774 g/mol. The second kappa shape index (κ2) is 20.0. The van der Waals surface area contributed by atoms with Crippen LogP contribution in [0.5, 0.6) is 5.75 Å². The third-order valence-electron chi connectivity index (χ3n) is 10.9. The van der Waals surface area contributed by atoms with Crippen LogP contribution in [0.3, 0.4) is 0 Å². The first-order chi connectivity index (χ1) is 26.3. The van der Waals surface area contributed by atoms with Gasteiger partial charge < -0.3 is 34.6 Å². The maximum atomic E-state index is 14.4. The van der Waals surface area contributed by atoms with Crippen molar-refractivity contribution in [3.8, 4) is 5.75 Å². The molecule has 9 atom stereocenters. The van der Waals surface area contributed by atoms with Crippen LogP contribution in [-0.4, -0.2) is 88.3 Å². The summed E-state index contributed by atoms with van der Waals surface area (Å²) in [6.07, 6.45) is 4.49. The SMILES string of the molecule is C=C/C=C(\C)[C@@H](C[C@@H]1O[C@@]1(C)C(=O)N(C)[C@H](C(=O)C[C@H](Cc1ccc(O)cc1)C(=O)N[C@H](C(=O)O[C@H](c1ccccc1)[C@H](C)C=C)C(C)(C)O)[C@@H](C)CC)OC. The quantitative estimate of drug-likeness (QED) is 0.0531. The zero-order valence-corrected chi connectivity index (χ0v) is 34.5. The third kappa shape index (κ3) is 11.7. The number of Topliss-reactive ketones (excluding diaryl/α,β-unsaturated/α-hetero) is 1. The number of phenols is 1. The minimum absolute atomic E-state index is 0.0344. The van der Waals surface area contributed by atoms with E-state index in [4.69, 9.17) is 14.2 Å². The van der Waals surface area contributed by atoms with E-state index in [1.165, 1.54) is 30.9 Å². The lowest BCUT2D eigenvalue weighted by molar-refractivity contribution is -0.162. The molecule has 2 aromatic rings. The minimum Gasteiger partial charge on any atom is -0.508 e. The summed E-state index contributed by atoms with van der Waals surface area (Å²) in [5.74, 6) is -3.79. The Morgan fingerprint density at radius 1 is 1.07 bits per heavy atom. The number of nitrogens with zero attached hydrogens (tertiary/aromatic N) is 1. The molecule has 0 radical (unpaired) electrons. The smallest absolute Gasteiger partial charge is 0.332 e. The number of carbonyl (C=O) groups is 4. The number of likely N-dealkylation sites (N-methyl/N-ethyl adjacent to an activating group) is 1. The number of aliphatic hydroxyl groups is 1. The largest absolute Gasteiger partial charge is 0.508 e. The van der Waals surface area contributed by atoms with Gasteiger partial charge in [0.25, 0.3) is 5.91 Å². The number of nitrogens with one attached hydrogen (secondary N) is 1. The zero-order valence-electron chi connectivity index (χ0n) is 34.5. The number of hydrogen-bond acceptors (Lipinski definition) is 9. The second-order valence-electron chi connectivity index (χ2n) is 15.8. The Kier molecular flexibility index (Phi) is 16.4. The van der Waals surface area contributed by atoms with E-state index in [-0.39, 0.29) is 48.2 Å². The number of hydrogen-bond donors (Lipinski definition) is 3. The van der Waals surface area contributed by atoms with E-state index in [2.05, 4.69) is 18.5 Å². The average molecular weight is 775 g/mol. The number of ketones is 1. The average Bonchev–Trinajstić information content (AvgIpc) is 3.84. The molecule has 1 aliphatic rings. The third-order valence-corrected chi connectivity index (χ3v) is 10.9. The van der Waals surface area contributed by atoms with Crippen molar-refractivity contribution in [3.05, 3.63) is 103 Å². The fraction of sp³-hybridized carbons (Fsp3) is 0.511. The predicted molar refractivity (Wildman–Crippen MR) is 216 cm³/mol. The number of esters is 1. The van der Waals surface area contributed by atoms with Crippen LogP contribution in [0.2, 0.25) is 0 Å². The molecular formula is C45H62N2O9. The van der Waals surface area contributed by atoms with Gasteiger partial charge in [-0.05, 0) is 68.9 Å². The Balaban J connectivity index is 1.91. The molecule has 3 rings (SSSR count). The van der Waals surface area contributed by atoms with E-state index in [9.17, 15) is 29.4 Å². The van der Waals surface area contributed by atoms with Crippen LogP contribution in [-0.2, 0) is 39.8 Å². The maximum absolute atomic E-state index is 14.4. The molecule has 306 valence electrons. The first kappa shape index (κ1) is 45.8. The van der Waals surface area contributed by atoms with Gasteiger partial charge in [-0.15, -0.1) is 6.58 Å². The van der Waals surface area contributed by atoms with Gasteiger partial charge in [-0.25, -0.2) is 4.79 Å². The summed E-state index contributed by atoms with van der Waals surface area (Å²) in [6.45, 7) is 19.7. The number of rotatable bonds is 22. The molecule has 2 aromatic carbocycles. The van der Waals surface area contributed by atoms with Crippen LogP contribution in [0.4, 0.5) is 0 Å². The summed E-state index contributed by atoms with van der Waals surface area (Å²) in [4.78, 5) is 58.1. The van der Waals surface area contributed by atoms with E-state index in [1.807, 2.05) is 64.1 Å². The molecule has 56 heavy (non-hydrogen) atoms. The molecular weight excluding hydrogens is 712 g/mol. The van der Waals surface area contributed by atoms with Crippen molar-refractivity contribution < 1.29 is 43.6 Å². The van der Waals surface area contributed by atoms with E-state index >= 15 is 0 Å². The van der Waals surface area contributed by atoms with Crippen LogP contribution < -0.4 is 5.32 Å². The standard InChI is InChI=1S/C45H62N2O9/c1-12-18-30(6)36(54-11)27-37-45(9,56-37)43(52)47(10)38(28(4)13-2)35(49)26-33(25-31-21-23-34(48)24-22-31)41(50)46-40(44(7,8)53)42(51)55-39(29(5)14-3)32-19-16-15-17-20-32/h12,14-24,28-29,33,36-40,48,53H,1,3,13,25-27H2,2,4-11H3,(H,46,50)/b30-18+/t28-,29+,33-,36+,37-,38-,39-,40+,45+/m0/s1. The number of methoxy groups -OCH3 is 1. The molecule has 0 aliphatic carbocycles. The number of amides is 2. The highest BCUT2D eigenvalue weighted by Crippen LogP contribution is 2.42. The lowest BCUT2D eigenvalue weighted by Crippen LogP contribution is -2.57. The van der Waals surface area contributed by atoms with E-state index in [1.54, 1.807) is 45.4 Å². The van der Waals surface area contributed by atoms with Gasteiger partial charge in [0, 0.05) is 38.8 Å². The first-order valence-electron chi connectivity index (χ1n) is 19.3. The van der Waals surface area contributed by atoms with Gasteiger partial charge in [0.05, 0.1) is 23.9 Å². The molecule has 11 heteroatoms. The predicted octanol–water partition coefficient (Wildman–Crippen LogP) is 6.44. The number of aromatic hydroxyl groups is 1. The number of ether oxygens (including phenoxy) is 3. The van der Waals surface area contributed by atoms with Crippen molar-refractivity contribution in [2.75, 3.05) is 14.2 Å². The van der Waals surface area contributed by atoms with Gasteiger partial charge in [0.15, 0.2) is 17.4 Å². The summed E-state index contributed by atoms with van der Waals surface area (Å²) in [5.41, 5.74) is -0.622. The van der Waals surface area contributed by atoms with Gasteiger partial charge in [-0.3, -0.25) is 14.4 Å². The molecule has 1 heterocycles. The molecule has 3 N–H and O–H groups in total. The molecule has 0 unspecified atom stereocenters. The highest BCUT2D eigenvalue weighted by atomic mass is 16.6. The Bertz CT molecular complexity index is 1700. The Morgan fingerprint density at radius 2 is 1.70 bits per heavy atom. The van der Waals surface area contributed by atoms with Gasteiger partial charge >= 0.3 is 5.97 Å². The summed E-state index contributed by atoms with van der Waals surface area (Å²) >= 11 is 0. The Morgan fingerprint density at radius 3 is 2.23 bits per heavy atom. The van der Waals surface area contributed by atoms with Crippen LogP contribution in [0.1, 0.15) is 85.0 Å². The van der Waals surface area contributed by atoms with Gasteiger partial charge in [-0.1, -0.05) is 94.5 Å². The molecule has 2 amide bonds.